The number of halogens is 2. The summed E-state index contributed by atoms with van der Waals surface area (Å²) in [5.74, 6) is -4.80. The van der Waals surface area contributed by atoms with Gasteiger partial charge in [-0.15, -0.1) is 0 Å². The van der Waals surface area contributed by atoms with Crippen molar-refractivity contribution in [2.45, 2.75) is 12.8 Å². The maximum atomic E-state index is 13.7. The van der Waals surface area contributed by atoms with Crippen molar-refractivity contribution >= 4 is 17.5 Å². The van der Waals surface area contributed by atoms with E-state index in [1.807, 2.05) is 6.92 Å². The molecule has 0 spiro atoms. The zero-order valence-electron chi connectivity index (χ0n) is 12.8. The summed E-state index contributed by atoms with van der Waals surface area (Å²) in [5.41, 5.74) is 1.26. The van der Waals surface area contributed by atoms with Crippen LogP contribution in [0.25, 0.3) is 0 Å². The molecule has 7 heteroatoms. The van der Waals surface area contributed by atoms with E-state index < -0.39 is 35.3 Å². The molecule has 5 nitrogen and oxygen atoms in total. The summed E-state index contributed by atoms with van der Waals surface area (Å²) in [6.07, 6.45) is 1.61. The molecule has 0 bridgehead atoms. The largest absolute Gasteiger partial charge is 0.355 e. The maximum Gasteiger partial charge on any atom is 0.237 e. The molecular formula is C17H15F2N3O2. The molecule has 0 aliphatic carbocycles. The second kappa shape index (κ2) is 6.35. The van der Waals surface area contributed by atoms with E-state index in [9.17, 15) is 18.4 Å². The van der Waals surface area contributed by atoms with Crippen LogP contribution in [0.1, 0.15) is 17.2 Å². The molecular weight excluding hydrogens is 316 g/mol. The number of amides is 2. The Morgan fingerprint density at radius 2 is 2.08 bits per heavy atom. The van der Waals surface area contributed by atoms with Crippen molar-refractivity contribution in [3.63, 3.8) is 0 Å². The highest BCUT2D eigenvalue weighted by Crippen LogP contribution is 2.30. The minimum absolute atomic E-state index is 0.285. The molecule has 2 aromatic rings. The monoisotopic (exact) mass is 331 g/mol. The molecule has 1 saturated heterocycles. The third kappa shape index (κ3) is 2.97. The number of anilines is 1. The zero-order valence-corrected chi connectivity index (χ0v) is 12.8. The van der Waals surface area contributed by atoms with Crippen molar-refractivity contribution in [1.82, 2.24) is 10.3 Å². The minimum atomic E-state index is -1.15. The molecule has 1 aliphatic rings. The highest BCUT2D eigenvalue weighted by molar-refractivity contribution is 6.08. The van der Waals surface area contributed by atoms with Gasteiger partial charge in [0.1, 0.15) is 5.92 Å². The first-order valence-corrected chi connectivity index (χ1v) is 7.42. The van der Waals surface area contributed by atoms with Gasteiger partial charge in [0.05, 0.1) is 5.69 Å². The van der Waals surface area contributed by atoms with Gasteiger partial charge in [-0.3, -0.25) is 14.6 Å². The lowest BCUT2D eigenvalue weighted by Gasteiger charge is -2.17. The highest BCUT2D eigenvalue weighted by atomic mass is 19.2. The van der Waals surface area contributed by atoms with E-state index in [-0.39, 0.29) is 12.2 Å². The van der Waals surface area contributed by atoms with E-state index in [4.69, 9.17) is 0 Å². The summed E-state index contributed by atoms with van der Waals surface area (Å²) in [5, 5.41) is 4.93. The van der Waals surface area contributed by atoms with Crippen molar-refractivity contribution in [3.8, 4) is 0 Å². The van der Waals surface area contributed by atoms with Crippen LogP contribution in [0.15, 0.2) is 36.5 Å². The predicted molar refractivity (Wildman–Crippen MR) is 83.2 cm³/mol. The lowest BCUT2D eigenvalue weighted by Crippen LogP contribution is -2.32. The summed E-state index contributed by atoms with van der Waals surface area (Å²) in [7, 11) is 0. The van der Waals surface area contributed by atoms with Gasteiger partial charge in [0.25, 0.3) is 0 Å². The first-order chi connectivity index (χ1) is 11.5. The Morgan fingerprint density at radius 3 is 2.79 bits per heavy atom. The van der Waals surface area contributed by atoms with Gasteiger partial charge < -0.3 is 10.6 Å². The van der Waals surface area contributed by atoms with Crippen LogP contribution in [0.2, 0.25) is 0 Å². The minimum Gasteiger partial charge on any atom is -0.355 e. The Morgan fingerprint density at radius 1 is 1.29 bits per heavy atom. The summed E-state index contributed by atoms with van der Waals surface area (Å²) >= 11 is 0. The molecule has 0 saturated carbocycles. The fourth-order valence-electron chi connectivity index (χ4n) is 2.74. The lowest BCUT2D eigenvalue weighted by atomic mass is 9.88. The highest BCUT2D eigenvalue weighted by Gasteiger charge is 2.41. The standard InChI is InChI=1S/C17H15F2N3O2/c1-9-5-6-10(7-20-9)11-8-21-16(23)14(11)17(24)22-13-4-2-3-12(18)15(13)19/h2-7,11,14H,8H2,1H3,(H,21,23)(H,22,24). The number of hydrogen-bond donors (Lipinski definition) is 2. The Hall–Kier alpha value is -2.83. The number of nitrogens with zero attached hydrogens (tertiary/aromatic N) is 1. The Bertz CT molecular complexity index is 793. The molecule has 1 aliphatic heterocycles. The van der Waals surface area contributed by atoms with Gasteiger partial charge in [-0.25, -0.2) is 8.78 Å². The molecule has 1 aromatic heterocycles. The van der Waals surface area contributed by atoms with Gasteiger partial charge in [0, 0.05) is 24.4 Å². The van der Waals surface area contributed by atoms with Gasteiger partial charge in [-0.2, -0.15) is 0 Å². The molecule has 2 atom stereocenters. The zero-order chi connectivity index (χ0) is 17.3. The van der Waals surface area contributed by atoms with Gasteiger partial charge >= 0.3 is 0 Å². The van der Waals surface area contributed by atoms with E-state index in [1.54, 1.807) is 18.3 Å². The average Bonchev–Trinajstić information content (AvgIpc) is 2.94. The van der Waals surface area contributed by atoms with Crippen LogP contribution < -0.4 is 10.6 Å². The number of rotatable bonds is 3. The van der Waals surface area contributed by atoms with E-state index in [0.717, 1.165) is 17.3 Å². The smallest absolute Gasteiger partial charge is 0.237 e. The molecule has 24 heavy (non-hydrogen) atoms. The van der Waals surface area contributed by atoms with E-state index in [2.05, 4.69) is 15.6 Å². The van der Waals surface area contributed by atoms with Crippen LogP contribution in [0.5, 0.6) is 0 Å². The third-order valence-corrected chi connectivity index (χ3v) is 4.04. The molecule has 1 fully saturated rings. The Kier molecular flexibility index (Phi) is 4.24. The van der Waals surface area contributed by atoms with Crippen LogP contribution >= 0.6 is 0 Å². The first kappa shape index (κ1) is 16.0. The van der Waals surface area contributed by atoms with Crippen LogP contribution in [0.3, 0.4) is 0 Å². The topological polar surface area (TPSA) is 71.1 Å². The van der Waals surface area contributed by atoms with Crippen LogP contribution in [-0.4, -0.2) is 23.3 Å². The summed E-state index contributed by atoms with van der Waals surface area (Å²) < 4.78 is 27.0. The van der Waals surface area contributed by atoms with Crippen molar-refractivity contribution in [2.24, 2.45) is 5.92 Å². The van der Waals surface area contributed by atoms with Gasteiger partial charge in [-0.1, -0.05) is 12.1 Å². The van der Waals surface area contributed by atoms with E-state index >= 15 is 0 Å². The second-order valence-corrected chi connectivity index (χ2v) is 5.65. The summed E-state index contributed by atoms with van der Waals surface area (Å²) in [6.45, 7) is 2.12. The van der Waals surface area contributed by atoms with Gasteiger partial charge in [0.15, 0.2) is 11.6 Å². The van der Waals surface area contributed by atoms with Gasteiger partial charge in [0.2, 0.25) is 11.8 Å². The second-order valence-electron chi connectivity index (χ2n) is 5.65. The molecule has 2 amide bonds. The van der Waals surface area contributed by atoms with Crippen molar-refractivity contribution in [3.05, 3.63) is 59.4 Å². The van der Waals surface area contributed by atoms with E-state index in [1.165, 1.54) is 12.1 Å². The number of pyridine rings is 1. The maximum absolute atomic E-state index is 13.7. The number of aryl methyl sites for hydroxylation is 1. The predicted octanol–water partition coefficient (Wildman–Crippen LogP) is 2.14. The first-order valence-electron chi connectivity index (χ1n) is 7.42. The van der Waals surface area contributed by atoms with Crippen molar-refractivity contribution in [2.75, 3.05) is 11.9 Å². The third-order valence-electron chi connectivity index (χ3n) is 4.04. The Labute approximate surface area is 137 Å². The molecule has 0 radical (unpaired) electrons. The fraction of sp³-hybridized carbons (Fsp3) is 0.235. The number of carbonyl (C=O) groups excluding carboxylic acids is 2. The number of nitrogens with one attached hydrogen (secondary N) is 2. The SMILES string of the molecule is Cc1ccc(C2CNC(=O)C2C(=O)Nc2cccc(F)c2F)cn1. The number of benzene rings is 1. The quantitative estimate of drug-likeness (QED) is 0.847. The number of carbonyl (C=O) groups is 2. The van der Waals surface area contributed by atoms with Crippen LogP contribution in [-0.2, 0) is 9.59 Å². The molecule has 2 heterocycles. The van der Waals surface area contributed by atoms with Gasteiger partial charge in [-0.05, 0) is 30.7 Å². The molecule has 124 valence electrons. The summed E-state index contributed by atoms with van der Waals surface area (Å²) in [6, 6.07) is 7.07. The number of hydrogen-bond acceptors (Lipinski definition) is 3. The van der Waals surface area contributed by atoms with E-state index in [0.29, 0.717) is 0 Å². The average molecular weight is 331 g/mol. The normalized spacial score (nSPS) is 19.9. The molecule has 1 aromatic carbocycles. The molecule has 3 rings (SSSR count). The van der Waals surface area contributed by atoms with Crippen molar-refractivity contribution in [1.29, 1.82) is 0 Å². The lowest BCUT2D eigenvalue weighted by molar-refractivity contribution is -0.130. The molecule has 2 N–H and O–H groups in total. The van der Waals surface area contributed by atoms with Crippen LogP contribution in [0.4, 0.5) is 14.5 Å². The van der Waals surface area contributed by atoms with Crippen LogP contribution in [0, 0.1) is 24.5 Å². The fourth-order valence-corrected chi connectivity index (χ4v) is 2.74. The molecule has 2 unspecified atom stereocenters. The number of aromatic nitrogens is 1. The van der Waals surface area contributed by atoms with Crippen molar-refractivity contribution < 1.29 is 18.4 Å². The summed E-state index contributed by atoms with van der Waals surface area (Å²) in [4.78, 5) is 28.7. The Balaban J connectivity index is 1.85.